The van der Waals surface area contributed by atoms with Crippen LogP contribution in [0.25, 0.3) is 0 Å². The van der Waals surface area contributed by atoms with Crippen molar-refractivity contribution in [1.82, 2.24) is 9.78 Å². The number of rotatable bonds is 6. The zero-order valence-electron chi connectivity index (χ0n) is 11.0. The molecule has 7 heteroatoms. The van der Waals surface area contributed by atoms with E-state index in [0.29, 0.717) is 6.54 Å². The molecule has 6 nitrogen and oxygen atoms in total. The molecule has 0 aliphatic heterocycles. The maximum absolute atomic E-state index is 13.7. The predicted molar refractivity (Wildman–Crippen MR) is 72.9 cm³/mol. The summed E-state index contributed by atoms with van der Waals surface area (Å²) in [6.07, 6.45) is 4.59. The van der Waals surface area contributed by atoms with E-state index < -0.39 is 10.7 Å². The first kappa shape index (κ1) is 14.0. The van der Waals surface area contributed by atoms with Crippen LogP contribution in [-0.4, -0.2) is 14.7 Å². The summed E-state index contributed by atoms with van der Waals surface area (Å²) in [5.41, 5.74) is 0.902. The number of aryl methyl sites for hydroxylation is 1. The first-order chi connectivity index (χ1) is 9.60. The third-order valence-electron chi connectivity index (χ3n) is 2.79. The molecule has 0 amide bonds. The quantitative estimate of drug-likeness (QED) is 0.651. The Morgan fingerprint density at radius 2 is 2.30 bits per heavy atom. The minimum Gasteiger partial charge on any atom is -0.378 e. The van der Waals surface area contributed by atoms with Crippen molar-refractivity contribution >= 4 is 11.4 Å². The molecule has 0 atom stereocenters. The summed E-state index contributed by atoms with van der Waals surface area (Å²) in [7, 11) is 0. The van der Waals surface area contributed by atoms with Crippen LogP contribution in [0.1, 0.15) is 18.9 Å². The number of hydrogen-bond donors (Lipinski definition) is 1. The van der Waals surface area contributed by atoms with E-state index >= 15 is 0 Å². The Labute approximate surface area is 115 Å². The number of nitrogens with one attached hydrogen (secondary N) is 1. The van der Waals surface area contributed by atoms with Crippen LogP contribution in [0.5, 0.6) is 0 Å². The zero-order chi connectivity index (χ0) is 14.5. The predicted octanol–water partition coefficient (Wildman–Crippen LogP) is 2.95. The van der Waals surface area contributed by atoms with E-state index in [0.717, 1.165) is 24.6 Å². The van der Waals surface area contributed by atoms with Crippen LogP contribution in [0.2, 0.25) is 0 Å². The molecule has 1 aromatic heterocycles. The molecule has 1 N–H and O–H groups in total. The monoisotopic (exact) mass is 278 g/mol. The van der Waals surface area contributed by atoms with E-state index in [4.69, 9.17) is 0 Å². The largest absolute Gasteiger partial charge is 0.378 e. The molecule has 0 bridgehead atoms. The highest BCUT2D eigenvalue weighted by Gasteiger charge is 2.10. The molecule has 106 valence electrons. The van der Waals surface area contributed by atoms with Crippen LogP contribution < -0.4 is 5.32 Å². The lowest BCUT2D eigenvalue weighted by Crippen LogP contribution is -2.01. The summed E-state index contributed by atoms with van der Waals surface area (Å²) in [4.78, 5) is 9.89. The minimum absolute atomic E-state index is 0.235. The molecule has 0 unspecified atom stereocenters. The Morgan fingerprint density at radius 3 is 2.95 bits per heavy atom. The van der Waals surface area contributed by atoms with Crippen molar-refractivity contribution < 1.29 is 9.31 Å². The number of anilines is 1. The van der Waals surface area contributed by atoms with Gasteiger partial charge in [0.25, 0.3) is 5.69 Å². The molecular weight excluding hydrogens is 263 g/mol. The van der Waals surface area contributed by atoms with Gasteiger partial charge >= 0.3 is 0 Å². The topological polar surface area (TPSA) is 73.0 Å². The SMILES string of the molecule is CCCn1cc(CNc2ccc([N+](=O)[O-])cc2F)cn1. The summed E-state index contributed by atoms with van der Waals surface area (Å²) in [5.74, 6) is -0.639. The number of benzene rings is 1. The maximum Gasteiger partial charge on any atom is 0.272 e. The standard InChI is InChI=1S/C13H15FN4O2/c1-2-5-17-9-10(8-16-17)7-15-13-4-3-11(18(19)20)6-12(13)14/h3-4,6,8-9,15H,2,5,7H2,1H3. The van der Waals surface area contributed by atoms with Crippen molar-refractivity contribution in [2.24, 2.45) is 0 Å². The number of halogens is 1. The number of nitrogens with zero attached hydrogens (tertiary/aromatic N) is 3. The van der Waals surface area contributed by atoms with Gasteiger partial charge in [0.1, 0.15) is 0 Å². The van der Waals surface area contributed by atoms with Gasteiger partial charge in [-0.15, -0.1) is 0 Å². The number of aromatic nitrogens is 2. The van der Waals surface area contributed by atoms with Crippen LogP contribution in [-0.2, 0) is 13.1 Å². The zero-order valence-corrected chi connectivity index (χ0v) is 11.0. The van der Waals surface area contributed by atoms with Crippen LogP contribution in [0.15, 0.2) is 30.6 Å². The average Bonchev–Trinajstić information content (AvgIpc) is 2.85. The van der Waals surface area contributed by atoms with Crippen LogP contribution in [0, 0.1) is 15.9 Å². The lowest BCUT2D eigenvalue weighted by Gasteiger charge is -2.05. The highest BCUT2D eigenvalue weighted by Crippen LogP contribution is 2.20. The molecule has 0 saturated carbocycles. The van der Waals surface area contributed by atoms with Crippen LogP contribution in [0.4, 0.5) is 15.8 Å². The second-order valence-corrected chi connectivity index (χ2v) is 4.39. The molecular formula is C13H15FN4O2. The maximum atomic E-state index is 13.7. The van der Waals surface area contributed by atoms with E-state index in [-0.39, 0.29) is 11.4 Å². The number of nitro groups is 1. The Kier molecular flexibility index (Phi) is 4.29. The molecule has 2 aromatic rings. The third kappa shape index (κ3) is 3.31. The van der Waals surface area contributed by atoms with E-state index in [9.17, 15) is 14.5 Å². The molecule has 20 heavy (non-hydrogen) atoms. The molecule has 0 aliphatic rings. The number of non-ortho nitro benzene ring substituents is 1. The van der Waals surface area contributed by atoms with Gasteiger partial charge in [-0.25, -0.2) is 4.39 Å². The first-order valence-electron chi connectivity index (χ1n) is 6.29. The smallest absolute Gasteiger partial charge is 0.272 e. The molecule has 0 radical (unpaired) electrons. The molecule has 2 rings (SSSR count). The van der Waals surface area contributed by atoms with Gasteiger partial charge in [-0.1, -0.05) is 6.92 Å². The normalized spacial score (nSPS) is 10.5. The summed E-state index contributed by atoms with van der Waals surface area (Å²) in [5, 5.41) is 17.6. The molecule has 0 fully saturated rings. The highest BCUT2D eigenvalue weighted by atomic mass is 19.1. The average molecular weight is 278 g/mol. The summed E-state index contributed by atoms with van der Waals surface area (Å²) >= 11 is 0. The fourth-order valence-electron chi connectivity index (χ4n) is 1.81. The van der Waals surface area contributed by atoms with Gasteiger partial charge < -0.3 is 5.32 Å². The second-order valence-electron chi connectivity index (χ2n) is 4.39. The van der Waals surface area contributed by atoms with E-state index in [1.807, 2.05) is 10.9 Å². The summed E-state index contributed by atoms with van der Waals surface area (Å²) in [6.45, 7) is 3.32. The van der Waals surface area contributed by atoms with Crippen LogP contribution in [0.3, 0.4) is 0 Å². The van der Waals surface area contributed by atoms with Crippen molar-refractivity contribution in [3.63, 3.8) is 0 Å². The van der Waals surface area contributed by atoms with Gasteiger partial charge in [0, 0.05) is 30.9 Å². The van der Waals surface area contributed by atoms with Crippen LogP contribution >= 0.6 is 0 Å². The van der Waals surface area contributed by atoms with Crippen molar-refractivity contribution in [2.45, 2.75) is 26.4 Å². The Hall–Kier alpha value is -2.44. The summed E-state index contributed by atoms with van der Waals surface area (Å²) < 4.78 is 15.5. The molecule has 1 heterocycles. The van der Waals surface area contributed by atoms with E-state index in [2.05, 4.69) is 17.3 Å². The third-order valence-corrected chi connectivity index (χ3v) is 2.79. The van der Waals surface area contributed by atoms with Gasteiger partial charge in [0.05, 0.1) is 22.9 Å². The van der Waals surface area contributed by atoms with Crippen molar-refractivity contribution in [3.05, 3.63) is 52.1 Å². The van der Waals surface area contributed by atoms with Gasteiger partial charge in [-0.05, 0) is 12.5 Å². The number of nitro benzene ring substituents is 1. The van der Waals surface area contributed by atoms with Crippen molar-refractivity contribution in [3.8, 4) is 0 Å². The number of hydrogen-bond acceptors (Lipinski definition) is 4. The second kappa shape index (κ2) is 6.14. The Balaban J connectivity index is 2.01. The minimum atomic E-state index is -0.639. The molecule has 0 aliphatic carbocycles. The lowest BCUT2D eigenvalue weighted by atomic mass is 10.2. The molecule has 1 aromatic carbocycles. The van der Waals surface area contributed by atoms with Crippen molar-refractivity contribution in [1.29, 1.82) is 0 Å². The summed E-state index contributed by atoms with van der Waals surface area (Å²) in [6, 6.07) is 3.54. The lowest BCUT2D eigenvalue weighted by molar-refractivity contribution is -0.385. The Bertz CT molecular complexity index is 612. The van der Waals surface area contributed by atoms with Gasteiger partial charge in [-0.3, -0.25) is 14.8 Å². The van der Waals surface area contributed by atoms with E-state index in [1.54, 1.807) is 6.20 Å². The van der Waals surface area contributed by atoms with Crippen molar-refractivity contribution in [2.75, 3.05) is 5.32 Å². The van der Waals surface area contributed by atoms with Gasteiger partial charge in [-0.2, -0.15) is 5.10 Å². The van der Waals surface area contributed by atoms with E-state index in [1.165, 1.54) is 12.1 Å². The molecule has 0 saturated heterocycles. The first-order valence-corrected chi connectivity index (χ1v) is 6.29. The van der Waals surface area contributed by atoms with Gasteiger partial charge in [0.15, 0.2) is 5.82 Å². The fourth-order valence-corrected chi connectivity index (χ4v) is 1.81. The van der Waals surface area contributed by atoms with Gasteiger partial charge in [0.2, 0.25) is 0 Å². The fraction of sp³-hybridized carbons (Fsp3) is 0.308. The molecule has 0 spiro atoms. The highest BCUT2D eigenvalue weighted by molar-refractivity contribution is 5.50. The Morgan fingerprint density at radius 1 is 1.50 bits per heavy atom.